The SMILES string of the molecule is Cc1ccc(S(=O)(=O)N(C)C2CCS(=O)CC2)cc1. The number of sulfonamides is 1. The maximum atomic E-state index is 12.5. The zero-order valence-corrected chi connectivity index (χ0v) is 12.8. The molecule has 0 aliphatic carbocycles. The average molecular weight is 301 g/mol. The number of hydrogen-bond acceptors (Lipinski definition) is 3. The highest BCUT2D eigenvalue weighted by Gasteiger charge is 2.30. The lowest BCUT2D eigenvalue weighted by Gasteiger charge is -2.30. The van der Waals surface area contributed by atoms with Crippen LogP contribution in [0.15, 0.2) is 29.2 Å². The molecule has 1 aliphatic rings. The topological polar surface area (TPSA) is 54.5 Å². The van der Waals surface area contributed by atoms with Crippen molar-refractivity contribution in [3.63, 3.8) is 0 Å². The van der Waals surface area contributed by atoms with E-state index in [1.54, 1.807) is 31.3 Å². The Labute approximate surface area is 117 Å². The van der Waals surface area contributed by atoms with Gasteiger partial charge in [-0.05, 0) is 31.9 Å². The summed E-state index contributed by atoms with van der Waals surface area (Å²) >= 11 is 0. The third-order valence-electron chi connectivity index (χ3n) is 3.57. The number of benzene rings is 1. The van der Waals surface area contributed by atoms with Crippen molar-refractivity contribution in [1.29, 1.82) is 0 Å². The summed E-state index contributed by atoms with van der Waals surface area (Å²) in [5.41, 5.74) is 1.04. The van der Waals surface area contributed by atoms with E-state index in [0.29, 0.717) is 29.2 Å². The molecule has 106 valence electrons. The van der Waals surface area contributed by atoms with Gasteiger partial charge in [0.1, 0.15) is 0 Å². The first-order valence-corrected chi connectivity index (χ1v) is 9.24. The van der Waals surface area contributed by atoms with E-state index < -0.39 is 20.8 Å². The highest BCUT2D eigenvalue weighted by atomic mass is 32.2. The van der Waals surface area contributed by atoms with Crippen molar-refractivity contribution in [2.24, 2.45) is 0 Å². The van der Waals surface area contributed by atoms with Gasteiger partial charge in [-0.2, -0.15) is 4.31 Å². The van der Waals surface area contributed by atoms with Crippen molar-refractivity contribution in [2.45, 2.75) is 30.7 Å². The van der Waals surface area contributed by atoms with Gasteiger partial charge in [0.15, 0.2) is 0 Å². The Morgan fingerprint density at radius 2 is 1.68 bits per heavy atom. The van der Waals surface area contributed by atoms with Gasteiger partial charge in [0.05, 0.1) is 4.90 Å². The van der Waals surface area contributed by atoms with E-state index in [2.05, 4.69) is 0 Å². The van der Waals surface area contributed by atoms with Gasteiger partial charge in [-0.25, -0.2) is 8.42 Å². The van der Waals surface area contributed by atoms with Crippen LogP contribution in [0.1, 0.15) is 18.4 Å². The van der Waals surface area contributed by atoms with Crippen LogP contribution in [-0.4, -0.2) is 41.5 Å². The molecule has 19 heavy (non-hydrogen) atoms. The van der Waals surface area contributed by atoms with Crippen LogP contribution in [0.25, 0.3) is 0 Å². The van der Waals surface area contributed by atoms with Crippen LogP contribution >= 0.6 is 0 Å². The Morgan fingerprint density at radius 3 is 2.21 bits per heavy atom. The largest absolute Gasteiger partial charge is 0.260 e. The lowest BCUT2D eigenvalue weighted by Crippen LogP contribution is -2.41. The smallest absolute Gasteiger partial charge is 0.243 e. The average Bonchev–Trinajstić information content (AvgIpc) is 2.39. The fourth-order valence-electron chi connectivity index (χ4n) is 2.22. The van der Waals surface area contributed by atoms with E-state index in [1.807, 2.05) is 6.92 Å². The summed E-state index contributed by atoms with van der Waals surface area (Å²) in [7, 11) is -2.59. The van der Waals surface area contributed by atoms with Crippen molar-refractivity contribution in [3.8, 4) is 0 Å². The second-order valence-electron chi connectivity index (χ2n) is 4.91. The second kappa shape index (κ2) is 5.73. The molecule has 0 radical (unpaired) electrons. The van der Waals surface area contributed by atoms with Gasteiger partial charge in [-0.15, -0.1) is 0 Å². The summed E-state index contributed by atoms with van der Waals surface area (Å²) < 4.78 is 37.7. The molecule has 2 rings (SSSR count). The molecule has 1 saturated heterocycles. The summed E-state index contributed by atoms with van der Waals surface area (Å²) in [5, 5.41) is 0. The van der Waals surface area contributed by atoms with Crippen molar-refractivity contribution < 1.29 is 12.6 Å². The van der Waals surface area contributed by atoms with Crippen LogP contribution in [0.4, 0.5) is 0 Å². The van der Waals surface area contributed by atoms with E-state index in [1.165, 1.54) is 4.31 Å². The van der Waals surface area contributed by atoms with E-state index in [9.17, 15) is 12.6 Å². The molecule has 0 aromatic heterocycles. The summed E-state index contributed by atoms with van der Waals surface area (Å²) in [6.45, 7) is 1.93. The molecule has 4 nitrogen and oxygen atoms in total. The number of nitrogens with zero attached hydrogens (tertiary/aromatic N) is 1. The monoisotopic (exact) mass is 301 g/mol. The Bertz CT molecular complexity index is 556. The Hall–Kier alpha value is -0.720. The van der Waals surface area contributed by atoms with Gasteiger partial charge >= 0.3 is 0 Å². The van der Waals surface area contributed by atoms with E-state index in [-0.39, 0.29) is 6.04 Å². The summed E-state index contributed by atoms with van der Waals surface area (Å²) in [6, 6.07) is 6.85. The first-order chi connectivity index (χ1) is 8.91. The maximum absolute atomic E-state index is 12.5. The molecule has 0 amide bonds. The van der Waals surface area contributed by atoms with Crippen molar-refractivity contribution in [2.75, 3.05) is 18.6 Å². The number of rotatable bonds is 3. The predicted molar refractivity (Wildman–Crippen MR) is 77.0 cm³/mol. The lowest BCUT2D eigenvalue weighted by molar-refractivity contribution is 0.346. The first-order valence-electron chi connectivity index (χ1n) is 6.31. The molecular formula is C13H19NO3S2. The molecule has 0 unspecified atom stereocenters. The Morgan fingerprint density at radius 1 is 1.16 bits per heavy atom. The summed E-state index contributed by atoms with van der Waals surface area (Å²) in [6.07, 6.45) is 1.35. The van der Waals surface area contributed by atoms with Gasteiger partial charge in [-0.3, -0.25) is 4.21 Å². The minimum absolute atomic E-state index is 0.0380. The first kappa shape index (κ1) is 14.7. The fourth-order valence-corrected chi connectivity index (χ4v) is 4.91. The van der Waals surface area contributed by atoms with Crippen molar-refractivity contribution >= 4 is 20.8 Å². The zero-order valence-electron chi connectivity index (χ0n) is 11.2. The molecule has 0 N–H and O–H groups in total. The minimum Gasteiger partial charge on any atom is -0.260 e. The molecule has 1 heterocycles. The normalized spacial score (nSPS) is 24.6. The van der Waals surface area contributed by atoms with Gasteiger partial charge in [-0.1, -0.05) is 17.7 Å². The molecule has 1 aliphatic heterocycles. The van der Waals surface area contributed by atoms with Gasteiger partial charge in [0.25, 0.3) is 0 Å². The minimum atomic E-state index is -3.44. The van der Waals surface area contributed by atoms with Crippen LogP contribution in [0.5, 0.6) is 0 Å². The Balaban J connectivity index is 2.19. The summed E-state index contributed by atoms with van der Waals surface area (Å²) in [4.78, 5) is 0.326. The van der Waals surface area contributed by atoms with Gasteiger partial charge < -0.3 is 0 Å². The van der Waals surface area contributed by atoms with Crippen LogP contribution in [0, 0.1) is 6.92 Å². The van der Waals surface area contributed by atoms with Gasteiger partial charge in [0, 0.05) is 35.4 Å². The van der Waals surface area contributed by atoms with E-state index in [4.69, 9.17) is 0 Å². The molecule has 1 aromatic carbocycles. The van der Waals surface area contributed by atoms with Gasteiger partial charge in [0.2, 0.25) is 10.0 Å². The van der Waals surface area contributed by atoms with Crippen LogP contribution in [0.3, 0.4) is 0 Å². The van der Waals surface area contributed by atoms with E-state index >= 15 is 0 Å². The van der Waals surface area contributed by atoms with Crippen LogP contribution in [0.2, 0.25) is 0 Å². The second-order valence-corrected chi connectivity index (χ2v) is 8.61. The third kappa shape index (κ3) is 3.24. The fraction of sp³-hybridized carbons (Fsp3) is 0.538. The standard InChI is InChI=1S/C13H19NO3S2/c1-11-3-5-13(6-4-11)19(16,17)14(2)12-7-9-18(15)10-8-12/h3-6,12H,7-10H2,1-2H3. The van der Waals surface area contributed by atoms with Crippen LogP contribution < -0.4 is 0 Å². The van der Waals surface area contributed by atoms with Crippen LogP contribution in [-0.2, 0) is 20.8 Å². The quantitative estimate of drug-likeness (QED) is 0.850. The summed E-state index contributed by atoms with van der Waals surface area (Å²) in [5.74, 6) is 1.19. The molecule has 0 saturated carbocycles. The molecule has 1 fully saturated rings. The Kier molecular flexibility index (Phi) is 4.43. The molecule has 0 bridgehead atoms. The van der Waals surface area contributed by atoms with Crippen molar-refractivity contribution in [3.05, 3.63) is 29.8 Å². The highest BCUT2D eigenvalue weighted by molar-refractivity contribution is 7.89. The molecule has 6 heteroatoms. The van der Waals surface area contributed by atoms with E-state index in [0.717, 1.165) is 5.56 Å². The highest BCUT2D eigenvalue weighted by Crippen LogP contribution is 2.22. The molecule has 0 atom stereocenters. The lowest BCUT2D eigenvalue weighted by atomic mass is 10.2. The maximum Gasteiger partial charge on any atom is 0.243 e. The third-order valence-corrected chi connectivity index (χ3v) is 6.88. The molecular weight excluding hydrogens is 282 g/mol. The number of aryl methyl sites for hydroxylation is 1. The molecule has 1 aromatic rings. The predicted octanol–water partition coefficient (Wildman–Crippen LogP) is 1.53. The zero-order chi connectivity index (χ0) is 14.0. The number of hydrogen-bond donors (Lipinski definition) is 0. The molecule has 0 spiro atoms. The van der Waals surface area contributed by atoms with Crippen molar-refractivity contribution in [1.82, 2.24) is 4.31 Å².